The molecule has 1 aliphatic carbocycles. The highest BCUT2D eigenvalue weighted by atomic mass is 15.0. The smallest absolute Gasteiger partial charge is 0.00977 e. The van der Waals surface area contributed by atoms with Gasteiger partial charge in [0.25, 0.3) is 0 Å². The fourth-order valence-corrected chi connectivity index (χ4v) is 3.05. The van der Waals surface area contributed by atoms with Crippen LogP contribution in [0.15, 0.2) is 0 Å². The molecule has 2 heteroatoms. The van der Waals surface area contributed by atoms with Gasteiger partial charge in [0.2, 0.25) is 0 Å². The first-order valence-electron chi connectivity index (χ1n) is 7.49. The third-order valence-electron chi connectivity index (χ3n) is 4.11. The Kier molecular flexibility index (Phi) is 7.14. The quantitative estimate of drug-likeness (QED) is 0.688. The van der Waals surface area contributed by atoms with Gasteiger partial charge in [0, 0.05) is 6.04 Å². The average Bonchev–Trinajstić information content (AvgIpc) is 2.28. The minimum absolute atomic E-state index is 0.795. The summed E-state index contributed by atoms with van der Waals surface area (Å²) in [7, 11) is 4.31. The second kappa shape index (κ2) is 8.10. The zero-order valence-electron chi connectivity index (χ0n) is 12.3. The molecule has 102 valence electrons. The van der Waals surface area contributed by atoms with Crippen molar-refractivity contribution in [3.63, 3.8) is 0 Å². The number of hydrogen-bond acceptors (Lipinski definition) is 2. The van der Waals surface area contributed by atoms with Crippen LogP contribution < -0.4 is 5.32 Å². The second-order valence-corrected chi connectivity index (χ2v) is 6.26. The van der Waals surface area contributed by atoms with Gasteiger partial charge in [0.05, 0.1) is 0 Å². The van der Waals surface area contributed by atoms with E-state index in [1.165, 1.54) is 51.6 Å². The zero-order valence-corrected chi connectivity index (χ0v) is 12.3. The van der Waals surface area contributed by atoms with Gasteiger partial charge in [-0.2, -0.15) is 0 Å². The molecule has 0 spiro atoms. The maximum Gasteiger partial charge on any atom is 0.00977 e. The molecular formula is C15H32N2. The van der Waals surface area contributed by atoms with Crippen molar-refractivity contribution in [2.45, 2.75) is 58.4 Å². The molecule has 1 rings (SSSR count). The Balaban J connectivity index is 2.15. The molecule has 1 aliphatic rings. The van der Waals surface area contributed by atoms with Gasteiger partial charge in [0.15, 0.2) is 0 Å². The van der Waals surface area contributed by atoms with Crippen molar-refractivity contribution >= 4 is 0 Å². The Morgan fingerprint density at radius 3 is 2.47 bits per heavy atom. The summed E-state index contributed by atoms with van der Waals surface area (Å²) >= 11 is 0. The molecule has 2 atom stereocenters. The van der Waals surface area contributed by atoms with Crippen LogP contribution in [0.5, 0.6) is 0 Å². The lowest BCUT2D eigenvalue weighted by Gasteiger charge is -2.35. The first kappa shape index (κ1) is 15.0. The molecule has 0 aromatic heterocycles. The third kappa shape index (κ3) is 5.87. The molecule has 1 saturated carbocycles. The highest BCUT2D eigenvalue weighted by Crippen LogP contribution is 2.30. The zero-order chi connectivity index (χ0) is 12.7. The summed E-state index contributed by atoms with van der Waals surface area (Å²) in [6.45, 7) is 7.20. The Hall–Kier alpha value is -0.0800. The largest absolute Gasteiger partial charge is 0.314 e. The maximum atomic E-state index is 3.81. The van der Waals surface area contributed by atoms with Crippen LogP contribution >= 0.6 is 0 Å². The number of nitrogens with one attached hydrogen (secondary N) is 1. The first-order valence-corrected chi connectivity index (χ1v) is 7.49. The predicted octanol–water partition coefficient (Wildman–Crippen LogP) is 3.13. The fourth-order valence-electron chi connectivity index (χ4n) is 3.05. The molecule has 0 aliphatic heterocycles. The highest BCUT2D eigenvalue weighted by molar-refractivity contribution is 4.82. The highest BCUT2D eigenvalue weighted by Gasteiger charge is 2.26. The van der Waals surface area contributed by atoms with E-state index in [0.29, 0.717) is 0 Å². The Labute approximate surface area is 108 Å². The minimum atomic E-state index is 0.795. The Bertz CT molecular complexity index is 189. The van der Waals surface area contributed by atoms with Crippen LogP contribution in [0.4, 0.5) is 0 Å². The van der Waals surface area contributed by atoms with Crippen molar-refractivity contribution in [1.29, 1.82) is 0 Å². The van der Waals surface area contributed by atoms with E-state index in [0.717, 1.165) is 17.9 Å². The van der Waals surface area contributed by atoms with Crippen molar-refractivity contribution in [3.05, 3.63) is 0 Å². The molecule has 0 aromatic carbocycles. The third-order valence-corrected chi connectivity index (χ3v) is 4.11. The Morgan fingerprint density at radius 1 is 1.12 bits per heavy atom. The molecule has 2 nitrogen and oxygen atoms in total. The lowest BCUT2D eigenvalue weighted by atomic mass is 9.78. The number of nitrogens with zero attached hydrogens (tertiary/aromatic N) is 1. The van der Waals surface area contributed by atoms with Crippen LogP contribution in [0.3, 0.4) is 0 Å². The van der Waals surface area contributed by atoms with Gasteiger partial charge in [-0.1, -0.05) is 26.7 Å². The van der Waals surface area contributed by atoms with Crippen molar-refractivity contribution < 1.29 is 0 Å². The van der Waals surface area contributed by atoms with Crippen LogP contribution in [0.25, 0.3) is 0 Å². The van der Waals surface area contributed by atoms with Crippen molar-refractivity contribution in [2.75, 3.05) is 27.2 Å². The Morgan fingerprint density at radius 2 is 1.82 bits per heavy atom. The number of rotatable bonds is 7. The van der Waals surface area contributed by atoms with Crippen molar-refractivity contribution in [2.24, 2.45) is 11.8 Å². The maximum absolute atomic E-state index is 3.81. The SMILES string of the molecule is CC(C)C1CCCCC1NCCCCN(C)C. The summed E-state index contributed by atoms with van der Waals surface area (Å²) in [4.78, 5) is 2.28. The van der Waals surface area contributed by atoms with E-state index in [2.05, 4.69) is 38.2 Å². The van der Waals surface area contributed by atoms with Crippen LogP contribution in [-0.4, -0.2) is 38.1 Å². The lowest BCUT2D eigenvalue weighted by Crippen LogP contribution is -2.41. The van der Waals surface area contributed by atoms with Crippen LogP contribution in [-0.2, 0) is 0 Å². The standard InChI is InChI=1S/C15H32N2/c1-13(2)14-9-5-6-10-15(14)16-11-7-8-12-17(3)4/h13-16H,5-12H2,1-4H3. The first-order chi connectivity index (χ1) is 8.11. The van der Waals surface area contributed by atoms with Gasteiger partial charge in [-0.05, 0) is 64.7 Å². The van der Waals surface area contributed by atoms with Gasteiger partial charge in [-0.15, -0.1) is 0 Å². The monoisotopic (exact) mass is 240 g/mol. The molecule has 1 N–H and O–H groups in total. The molecule has 0 aromatic rings. The normalized spacial score (nSPS) is 25.8. The molecule has 0 heterocycles. The molecular weight excluding hydrogens is 208 g/mol. The summed E-state index contributed by atoms with van der Waals surface area (Å²) in [5.74, 6) is 1.76. The summed E-state index contributed by atoms with van der Waals surface area (Å²) in [6, 6.07) is 0.795. The van der Waals surface area contributed by atoms with Crippen LogP contribution in [0, 0.1) is 11.8 Å². The van der Waals surface area contributed by atoms with E-state index in [9.17, 15) is 0 Å². The number of unbranched alkanes of at least 4 members (excludes halogenated alkanes) is 1. The molecule has 17 heavy (non-hydrogen) atoms. The topological polar surface area (TPSA) is 15.3 Å². The van der Waals surface area contributed by atoms with E-state index in [4.69, 9.17) is 0 Å². The van der Waals surface area contributed by atoms with Gasteiger partial charge < -0.3 is 10.2 Å². The van der Waals surface area contributed by atoms with E-state index >= 15 is 0 Å². The van der Waals surface area contributed by atoms with Crippen molar-refractivity contribution in [1.82, 2.24) is 10.2 Å². The van der Waals surface area contributed by atoms with E-state index in [1.54, 1.807) is 0 Å². The van der Waals surface area contributed by atoms with Crippen LogP contribution in [0.1, 0.15) is 52.4 Å². The van der Waals surface area contributed by atoms with Gasteiger partial charge in [0.1, 0.15) is 0 Å². The molecule has 0 bridgehead atoms. The number of hydrogen-bond donors (Lipinski definition) is 1. The lowest BCUT2D eigenvalue weighted by molar-refractivity contribution is 0.205. The van der Waals surface area contributed by atoms with Gasteiger partial charge >= 0.3 is 0 Å². The summed E-state index contributed by atoms with van der Waals surface area (Å²) in [5.41, 5.74) is 0. The van der Waals surface area contributed by atoms with E-state index < -0.39 is 0 Å². The summed E-state index contributed by atoms with van der Waals surface area (Å²) in [5, 5.41) is 3.81. The molecule has 0 radical (unpaired) electrons. The summed E-state index contributed by atoms with van der Waals surface area (Å²) in [6.07, 6.45) is 8.35. The summed E-state index contributed by atoms with van der Waals surface area (Å²) < 4.78 is 0. The predicted molar refractivity (Wildman–Crippen MR) is 76.4 cm³/mol. The van der Waals surface area contributed by atoms with Crippen LogP contribution in [0.2, 0.25) is 0 Å². The molecule has 1 fully saturated rings. The molecule has 0 amide bonds. The van der Waals surface area contributed by atoms with Gasteiger partial charge in [-0.3, -0.25) is 0 Å². The van der Waals surface area contributed by atoms with Gasteiger partial charge in [-0.25, -0.2) is 0 Å². The van der Waals surface area contributed by atoms with Crippen molar-refractivity contribution in [3.8, 4) is 0 Å². The minimum Gasteiger partial charge on any atom is -0.314 e. The van der Waals surface area contributed by atoms with E-state index in [1.807, 2.05) is 0 Å². The fraction of sp³-hybridized carbons (Fsp3) is 1.00. The molecule has 2 unspecified atom stereocenters. The van der Waals surface area contributed by atoms with E-state index in [-0.39, 0.29) is 0 Å². The second-order valence-electron chi connectivity index (χ2n) is 6.26. The molecule has 0 saturated heterocycles. The average molecular weight is 240 g/mol.